The van der Waals surface area contributed by atoms with Crippen molar-refractivity contribution in [2.24, 2.45) is 11.7 Å². The molecule has 3 aromatic rings. The second-order valence-corrected chi connectivity index (χ2v) is 12.1. The van der Waals surface area contributed by atoms with Crippen molar-refractivity contribution in [2.75, 3.05) is 54.9 Å². The summed E-state index contributed by atoms with van der Waals surface area (Å²) in [5.74, 6) is 1.46. The van der Waals surface area contributed by atoms with Gasteiger partial charge in [0.15, 0.2) is 17.3 Å². The van der Waals surface area contributed by atoms with Crippen LogP contribution >= 0.6 is 0 Å². The van der Waals surface area contributed by atoms with Crippen molar-refractivity contribution in [3.8, 4) is 0 Å². The maximum Gasteiger partial charge on any atom is 0.271 e. The average Bonchev–Trinajstić information content (AvgIpc) is 3.85. The molecule has 3 fully saturated rings. The first-order chi connectivity index (χ1) is 20.4. The zero-order valence-corrected chi connectivity index (χ0v) is 24.6. The minimum Gasteiger partial charge on any atom is -0.369 e. The summed E-state index contributed by atoms with van der Waals surface area (Å²) in [4.78, 5) is 41.6. The van der Waals surface area contributed by atoms with E-state index in [9.17, 15) is 9.59 Å². The van der Waals surface area contributed by atoms with Crippen molar-refractivity contribution in [1.82, 2.24) is 14.9 Å². The highest BCUT2D eigenvalue weighted by atomic mass is 16.1. The number of nitrogens with one attached hydrogen (secondary N) is 1. The molecule has 2 saturated heterocycles. The van der Waals surface area contributed by atoms with E-state index in [1.807, 2.05) is 24.3 Å². The van der Waals surface area contributed by atoms with Gasteiger partial charge in [-0.1, -0.05) is 24.3 Å². The number of rotatable bonds is 9. The minimum atomic E-state index is -0.631. The molecule has 3 heterocycles. The Balaban J connectivity index is 1.15. The smallest absolute Gasteiger partial charge is 0.271 e. The summed E-state index contributed by atoms with van der Waals surface area (Å²) >= 11 is 0. The molecular formula is C33H41N7O2. The third-order valence-corrected chi connectivity index (χ3v) is 9.16. The van der Waals surface area contributed by atoms with E-state index >= 15 is 0 Å². The maximum atomic E-state index is 13.2. The van der Waals surface area contributed by atoms with Crippen molar-refractivity contribution < 1.29 is 9.59 Å². The Morgan fingerprint density at radius 3 is 2.33 bits per heavy atom. The molecule has 0 spiro atoms. The van der Waals surface area contributed by atoms with Crippen LogP contribution in [0.25, 0.3) is 0 Å². The van der Waals surface area contributed by atoms with Crippen LogP contribution in [0.1, 0.15) is 71.4 Å². The topological polar surface area (TPSA) is 108 Å². The van der Waals surface area contributed by atoms with Crippen molar-refractivity contribution in [3.63, 3.8) is 0 Å². The number of nitrogens with two attached hydrogens (primary N) is 1. The van der Waals surface area contributed by atoms with Crippen LogP contribution in [0.2, 0.25) is 0 Å². The first-order valence-electron chi connectivity index (χ1n) is 15.2. The Labute approximate surface area is 248 Å². The average molecular weight is 568 g/mol. The highest BCUT2D eigenvalue weighted by Crippen LogP contribution is 2.40. The van der Waals surface area contributed by atoms with E-state index in [-0.39, 0.29) is 23.4 Å². The second kappa shape index (κ2) is 12.1. The second-order valence-electron chi connectivity index (χ2n) is 12.1. The van der Waals surface area contributed by atoms with Crippen molar-refractivity contribution in [3.05, 3.63) is 71.5 Å². The van der Waals surface area contributed by atoms with Crippen LogP contribution in [0.15, 0.2) is 54.7 Å². The van der Waals surface area contributed by atoms with Gasteiger partial charge in [0.25, 0.3) is 5.91 Å². The number of piperazine rings is 1. The zero-order chi connectivity index (χ0) is 29.2. The van der Waals surface area contributed by atoms with E-state index in [0.717, 1.165) is 56.8 Å². The van der Waals surface area contributed by atoms with Crippen LogP contribution < -0.4 is 20.9 Å². The van der Waals surface area contributed by atoms with Crippen LogP contribution in [-0.4, -0.2) is 72.4 Å². The predicted molar refractivity (Wildman–Crippen MR) is 167 cm³/mol. The lowest BCUT2D eigenvalue weighted by molar-refractivity contribution is 0.0944. The van der Waals surface area contributed by atoms with Crippen molar-refractivity contribution >= 4 is 34.7 Å². The molecule has 1 aliphatic carbocycles. The molecule has 0 radical (unpaired) electrons. The van der Waals surface area contributed by atoms with E-state index in [2.05, 4.69) is 63.2 Å². The molecule has 1 aromatic heterocycles. The fourth-order valence-corrected chi connectivity index (χ4v) is 6.28. The van der Waals surface area contributed by atoms with Gasteiger partial charge in [0, 0.05) is 62.1 Å². The number of primary amides is 1. The van der Waals surface area contributed by atoms with Crippen LogP contribution in [0, 0.1) is 5.92 Å². The molecule has 42 heavy (non-hydrogen) atoms. The van der Waals surface area contributed by atoms with Crippen LogP contribution in [0.5, 0.6) is 0 Å². The Bertz CT molecular complexity index is 1410. The fraction of sp³-hybridized carbons (Fsp3) is 0.455. The zero-order valence-electron chi connectivity index (χ0n) is 24.6. The summed E-state index contributed by atoms with van der Waals surface area (Å²) in [6.07, 6.45) is 6.58. The van der Waals surface area contributed by atoms with Gasteiger partial charge >= 0.3 is 0 Å². The molecule has 0 unspecified atom stereocenters. The Kier molecular flexibility index (Phi) is 8.11. The molecule has 6 rings (SSSR count). The molecule has 9 nitrogen and oxygen atoms in total. The van der Waals surface area contributed by atoms with Gasteiger partial charge in [-0.05, 0) is 81.3 Å². The lowest BCUT2D eigenvalue weighted by Crippen LogP contribution is -2.44. The summed E-state index contributed by atoms with van der Waals surface area (Å²) in [7, 11) is 2.15. The number of ketones is 1. The standard InChI is InChI=1S/C33H41N7O2/c1-22-26(20-29(41)25-9-7-24(8-10-25)23-5-6-23)4-3-15-40(22)30-21-35-31(32(34)42)33(37-30)36-27-11-13-28(14-12-27)39-18-16-38(2)17-19-39/h7-14,21-23,26H,3-6,15-20H2,1-2H3,(H2,34,42)(H,36,37)/t22-,26+/m1/s1. The number of likely N-dealkylation sites (N-methyl/N-ethyl adjacent to an activating group) is 1. The summed E-state index contributed by atoms with van der Waals surface area (Å²) in [6, 6.07) is 16.5. The molecule has 3 N–H and O–H groups in total. The van der Waals surface area contributed by atoms with Gasteiger partial charge < -0.3 is 25.8 Å². The minimum absolute atomic E-state index is 0.0953. The number of Topliss-reactive ketones (excluding diaryl/α,β-unsaturated/α-hetero) is 1. The fourth-order valence-electron chi connectivity index (χ4n) is 6.28. The summed E-state index contributed by atoms with van der Waals surface area (Å²) < 4.78 is 0. The van der Waals surface area contributed by atoms with Crippen LogP contribution in [0.3, 0.4) is 0 Å². The number of hydrogen-bond donors (Lipinski definition) is 2. The van der Waals surface area contributed by atoms with Crippen molar-refractivity contribution in [1.29, 1.82) is 0 Å². The molecule has 0 bridgehead atoms. The highest BCUT2D eigenvalue weighted by molar-refractivity contribution is 5.97. The molecule has 1 amide bonds. The van der Waals surface area contributed by atoms with E-state index in [1.165, 1.54) is 24.1 Å². The summed E-state index contributed by atoms with van der Waals surface area (Å²) in [5.41, 5.74) is 9.90. The first kappa shape index (κ1) is 28.2. The van der Waals surface area contributed by atoms with E-state index in [0.29, 0.717) is 24.0 Å². The summed E-state index contributed by atoms with van der Waals surface area (Å²) in [5, 5.41) is 3.29. The number of anilines is 4. The number of aromatic nitrogens is 2. The molecule has 220 valence electrons. The van der Waals surface area contributed by atoms with Gasteiger partial charge in [-0.3, -0.25) is 9.59 Å². The number of benzene rings is 2. The Morgan fingerprint density at radius 2 is 1.67 bits per heavy atom. The number of hydrogen-bond acceptors (Lipinski definition) is 8. The molecule has 2 aliphatic heterocycles. The molecular weight excluding hydrogens is 526 g/mol. The van der Waals surface area contributed by atoms with E-state index in [4.69, 9.17) is 10.7 Å². The van der Waals surface area contributed by atoms with E-state index < -0.39 is 5.91 Å². The third kappa shape index (κ3) is 6.26. The monoisotopic (exact) mass is 567 g/mol. The third-order valence-electron chi connectivity index (χ3n) is 9.16. The predicted octanol–water partition coefficient (Wildman–Crippen LogP) is 4.83. The van der Waals surface area contributed by atoms with Gasteiger partial charge in [0.2, 0.25) is 0 Å². The van der Waals surface area contributed by atoms with Crippen LogP contribution in [0.4, 0.5) is 23.0 Å². The SMILES string of the molecule is C[C@@H]1[C@H](CC(=O)c2ccc(C3CC3)cc2)CCCN1c1cnc(C(N)=O)c(Nc2ccc(N3CCN(C)CC3)cc2)n1. The highest BCUT2D eigenvalue weighted by Gasteiger charge is 2.32. The first-order valence-corrected chi connectivity index (χ1v) is 15.2. The van der Waals surface area contributed by atoms with Gasteiger partial charge in [0.1, 0.15) is 5.82 Å². The lowest BCUT2D eigenvalue weighted by atomic mass is 9.85. The molecule has 2 atom stereocenters. The normalized spacial score (nSPS) is 21.3. The van der Waals surface area contributed by atoms with Gasteiger partial charge in [-0.2, -0.15) is 0 Å². The number of carbonyl (C=O) groups excluding carboxylic acids is 2. The lowest BCUT2D eigenvalue weighted by Gasteiger charge is -2.40. The van der Waals surface area contributed by atoms with E-state index in [1.54, 1.807) is 6.20 Å². The Morgan fingerprint density at radius 1 is 0.952 bits per heavy atom. The number of nitrogens with zero attached hydrogens (tertiary/aromatic N) is 5. The number of piperidine rings is 1. The Hall–Kier alpha value is -3.98. The number of carbonyl (C=O) groups is 2. The van der Waals surface area contributed by atoms with Gasteiger partial charge in [0.05, 0.1) is 6.20 Å². The molecule has 3 aliphatic rings. The van der Waals surface area contributed by atoms with Crippen molar-refractivity contribution in [2.45, 2.75) is 51.0 Å². The number of amides is 1. The molecule has 2 aromatic carbocycles. The summed E-state index contributed by atoms with van der Waals surface area (Å²) in [6.45, 7) is 7.04. The largest absolute Gasteiger partial charge is 0.369 e. The molecule has 9 heteroatoms. The molecule has 1 saturated carbocycles. The van der Waals surface area contributed by atoms with Crippen LogP contribution in [-0.2, 0) is 0 Å². The van der Waals surface area contributed by atoms with Gasteiger partial charge in [-0.15, -0.1) is 0 Å². The maximum absolute atomic E-state index is 13.2. The quantitative estimate of drug-likeness (QED) is 0.354. The van der Waals surface area contributed by atoms with Gasteiger partial charge in [-0.25, -0.2) is 9.97 Å².